The molecule has 7 heteroatoms. The van der Waals surface area contributed by atoms with E-state index in [0.717, 1.165) is 0 Å². The minimum absolute atomic E-state index is 0.170. The Morgan fingerprint density at radius 3 is 2.57 bits per heavy atom. The maximum Gasteiger partial charge on any atom is 0.258 e. The van der Waals surface area contributed by atoms with Gasteiger partial charge in [-0.3, -0.25) is 19.7 Å². The van der Waals surface area contributed by atoms with Gasteiger partial charge in [-0.15, -0.1) is 0 Å². The van der Waals surface area contributed by atoms with Gasteiger partial charge in [0, 0.05) is 13.5 Å². The lowest BCUT2D eigenvalue weighted by molar-refractivity contribution is -0.119. The first-order valence-electron chi connectivity index (χ1n) is 6.50. The monoisotopic (exact) mass is 292 g/mol. The minimum atomic E-state index is -1.20. The van der Waals surface area contributed by atoms with Gasteiger partial charge in [-0.1, -0.05) is 6.07 Å². The third-order valence-electron chi connectivity index (χ3n) is 3.28. The average Bonchev–Trinajstić information content (AvgIpc) is 2.72. The summed E-state index contributed by atoms with van der Waals surface area (Å²) in [5.41, 5.74) is 0.781. The normalized spacial score (nSPS) is 16.1. The summed E-state index contributed by atoms with van der Waals surface area (Å²) in [7, 11) is 0. The SMILES string of the molecule is CC(=O)NCCC(O)C(O)c1ccc2c(c1)C(=O)NC2=O. The van der Waals surface area contributed by atoms with Crippen molar-refractivity contribution < 1.29 is 24.6 Å². The molecule has 21 heavy (non-hydrogen) atoms. The number of amides is 3. The molecule has 0 bridgehead atoms. The van der Waals surface area contributed by atoms with Crippen LogP contribution in [0.2, 0.25) is 0 Å². The Balaban J connectivity index is 2.08. The topological polar surface area (TPSA) is 116 Å². The first-order chi connectivity index (χ1) is 9.90. The van der Waals surface area contributed by atoms with E-state index in [1.54, 1.807) is 0 Å². The standard InChI is InChI=1S/C14H16N2O5/c1-7(17)15-5-4-11(18)12(19)8-2-3-9-10(6-8)14(21)16-13(9)20/h2-3,6,11-12,18-19H,4-5H2,1H3,(H,15,17)(H,16,20,21). The Labute approximate surface area is 121 Å². The molecule has 7 nitrogen and oxygen atoms in total. The number of carbonyl (C=O) groups excluding carboxylic acids is 3. The summed E-state index contributed by atoms with van der Waals surface area (Å²) in [6.07, 6.45) is -2.12. The van der Waals surface area contributed by atoms with Gasteiger partial charge in [0.2, 0.25) is 5.91 Å². The fourth-order valence-corrected chi connectivity index (χ4v) is 2.15. The molecule has 3 amide bonds. The van der Waals surface area contributed by atoms with Crippen molar-refractivity contribution in [3.63, 3.8) is 0 Å². The molecule has 0 radical (unpaired) electrons. The molecule has 2 rings (SSSR count). The van der Waals surface area contributed by atoms with Gasteiger partial charge < -0.3 is 15.5 Å². The molecular weight excluding hydrogens is 276 g/mol. The first-order valence-corrected chi connectivity index (χ1v) is 6.50. The molecule has 112 valence electrons. The van der Waals surface area contributed by atoms with Crippen LogP contribution in [0.1, 0.15) is 45.7 Å². The Kier molecular flexibility index (Phi) is 4.35. The maximum atomic E-state index is 11.5. The molecule has 1 aromatic rings. The highest BCUT2D eigenvalue weighted by Gasteiger charge is 2.28. The van der Waals surface area contributed by atoms with Crippen LogP contribution in [0.4, 0.5) is 0 Å². The van der Waals surface area contributed by atoms with Crippen LogP contribution in [0.25, 0.3) is 0 Å². The number of hydrogen-bond donors (Lipinski definition) is 4. The second-order valence-electron chi connectivity index (χ2n) is 4.87. The highest BCUT2D eigenvalue weighted by Crippen LogP contribution is 2.24. The Morgan fingerprint density at radius 2 is 1.90 bits per heavy atom. The molecule has 0 spiro atoms. The van der Waals surface area contributed by atoms with Crippen LogP contribution in [0.15, 0.2) is 18.2 Å². The van der Waals surface area contributed by atoms with E-state index in [4.69, 9.17) is 0 Å². The molecule has 2 unspecified atom stereocenters. The number of benzene rings is 1. The van der Waals surface area contributed by atoms with Gasteiger partial charge in [0.05, 0.1) is 17.2 Å². The summed E-state index contributed by atoms with van der Waals surface area (Å²) in [6.45, 7) is 1.59. The van der Waals surface area contributed by atoms with Gasteiger partial charge in [0.1, 0.15) is 6.10 Å². The molecule has 0 fully saturated rings. The van der Waals surface area contributed by atoms with Crippen molar-refractivity contribution in [3.8, 4) is 0 Å². The summed E-state index contributed by atoms with van der Waals surface area (Å²) < 4.78 is 0. The molecule has 4 N–H and O–H groups in total. The molecule has 1 aliphatic heterocycles. The number of imide groups is 1. The first kappa shape index (κ1) is 15.1. The van der Waals surface area contributed by atoms with Crippen molar-refractivity contribution in [2.24, 2.45) is 0 Å². The number of aliphatic hydroxyl groups is 2. The number of hydrogen-bond acceptors (Lipinski definition) is 5. The third kappa shape index (κ3) is 3.26. The van der Waals surface area contributed by atoms with E-state index in [1.165, 1.54) is 25.1 Å². The van der Waals surface area contributed by atoms with E-state index < -0.39 is 24.0 Å². The number of nitrogens with one attached hydrogen (secondary N) is 2. The van der Waals surface area contributed by atoms with Gasteiger partial charge >= 0.3 is 0 Å². The van der Waals surface area contributed by atoms with E-state index >= 15 is 0 Å². The average molecular weight is 292 g/mol. The van der Waals surface area contributed by atoms with Gasteiger partial charge in [0.25, 0.3) is 11.8 Å². The lowest BCUT2D eigenvalue weighted by atomic mass is 9.98. The summed E-state index contributed by atoms with van der Waals surface area (Å²) in [4.78, 5) is 33.7. The zero-order valence-electron chi connectivity index (χ0n) is 11.4. The van der Waals surface area contributed by atoms with E-state index in [9.17, 15) is 24.6 Å². The van der Waals surface area contributed by atoms with E-state index in [2.05, 4.69) is 10.6 Å². The smallest absolute Gasteiger partial charge is 0.258 e. The van der Waals surface area contributed by atoms with Crippen molar-refractivity contribution in [1.29, 1.82) is 0 Å². The van der Waals surface area contributed by atoms with Crippen LogP contribution in [-0.4, -0.2) is 40.6 Å². The van der Waals surface area contributed by atoms with E-state index in [1.807, 2.05) is 0 Å². The van der Waals surface area contributed by atoms with Gasteiger partial charge in [0.15, 0.2) is 0 Å². The number of rotatable bonds is 5. The number of aliphatic hydroxyl groups excluding tert-OH is 2. The highest BCUT2D eigenvalue weighted by atomic mass is 16.3. The predicted octanol–water partition coefficient (Wildman–Crippen LogP) is -0.509. The summed E-state index contributed by atoms with van der Waals surface area (Å²) in [5, 5.41) is 24.6. The van der Waals surface area contributed by atoms with Gasteiger partial charge in [-0.05, 0) is 24.1 Å². The fourth-order valence-electron chi connectivity index (χ4n) is 2.15. The summed E-state index contributed by atoms with van der Waals surface area (Å²) in [5.74, 6) is -1.21. The van der Waals surface area contributed by atoms with Crippen LogP contribution >= 0.6 is 0 Å². The zero-order valence-corrected chi connectivity index (χ0v) is 11.4. The van der Waals surface area contributed by atoms with Gasteiger partial charge in [-0.2, -0.15) is 0 Å². The Morgan fingerprint density at radius 1 is 1.24 bits per heavy atom. The van der Waals surface area contributed by atoms with Crippen molar-refractivity contribution >= 4 is 17.7 Å². The number of carbonyl (C=O) groups is 3. The van der Waals surface area contributed by atoms with Crippen LogP contribution in [0.5, 0.6) is 0 Å². The van der Waals surface area contributed by atoms with E-state index in [-0.39, 0.29) is 30.0 Å². The summed E-state index contributed by atoms with van der Waals surface area (Å²) >= 11 is 0. The number of fused-ring (bicyclic) bond motifs is 1. The predicted molar refractivity (Wildman–Crippen MR) is 72.5 cm³/mol. The molecule has 0 aliphatic carbocycles. The zero-order chi connectivity index (χ0) is 15.6. The fraction of sp³-hybridized carbons (Fsp3) is 0.357. The Bertz CT molecular complexity index is 599. The molecule has 1 heterocycles. The van der Waals surface area contributed by atoms with Crippen LogP contribution in [0.3, 0.4) is 0 Å². The third-order valence-corrected chi connectivity index (χ3v) is 3.28. The quantitative estimate of drug-likeness (QED) is 0.546. The van der Waals surface area contributed by atoms with Gasteiger partial charge in [-0.25, -0.2) is 0 Å². The van der Waals surface area contributed by atoms with E-state index in [0.29, 0.717) is 5.56 Å². The van der Waals surface area contributed by atoms with Crippen molar-refractivity contribution in [2.75, 3.05) is 6.54 Å². The van der Waals surface area contributed by atoms with Crippen LogP contribution in [-0.2, 0) is 4.79 Å². The molecule has 1 aliphatic rings. The van der Waals surface area contributed by atoms with Crippen molar-refractivity contribution in [3.05, 3.63) is 34.9 Å². The lowest BCUT2D eigenvalue weighted by Gasteiger charge is -2.18. The van der Waals surface area contributed by atoms with Crippen LogP contribution < -0.4 is 10.6 Å². The highest BCUT2D eigenvalue weighted by molar-refractivity contribution is 6.21. The van der Waals surface area contributed by atoms with Crippen LogP contribution in [0, 0.1) is 0 Å². The Hall–Kier alpha value is -2.25. The maximum absolute atomic E-state index is 11.5. The molecular formula is C14H16N2O5. The van der Waals surface area contributed by atoms with Crippen molar-refractivity contribution in [1.82, 2.24) is 10.6 Å². The molecule has 0 saturated carbocycles. The van der Waals surface area contributed by atoms with Crippen molar-refractivity contribution in [2.45, 2.75) is 25.6 Å². The molecule has 1 aromatic carbocycles. The summed E-state index contributed by atoms with van der Waals surface area (Å²) in [6, 6.07) is 4.32. The second-order valence-corrected chi connectivity index (χ2v) is 4.87. The second kappa shape index (κ2) is 6.02. The largest absolute Gasteiger partial charge is 0.390 e. The lowest BCUT2D eigenvalue weighted by Crippen LogP contribution is -2.27. The molecule has 2 atom stereocenters. The molecule has 0 saturated heterocycles. The molecule has 0 aromatic heterocycles. The minimum Gasteiger partial charge on any atom is -0.390 e.